The number of sulfonamides is 1. The molecular weight excluding hydrogens is 359 g/mol. The topological polar surface area (TPSA) is 59.1 Å². The average molecular weight is 374 g/mol. The summed E-state index contributed by atoms with van der Waals surface area (Å²) in [7, 11) is -3.87. The monoisotopic (exact) mass is 374 g/mol. The molecule has 4 nitrogen and oxygen atoms in total. The molecule has 7 heteroatoms. The van der Waals surface area contributed by atoms with Crippen LogP contribution in [0.4, 0.5) is 10.1 Å². The molecule has 0 aliphatic heterocycles. The van der Waals surface area contributed by atoms with E-state index < -0.39 is 15.8 Å². The summed E-state index contributed by atoms with van der Waals surface area (Å²) in [5, 5.41) is 0. The van der Waals surface area contributed by atoms with Crippen molar-refractivity contribution in [2.45, 2.75) is 16.7 Å². The third-order valence-corrected chi connectivity index (χ3v) is 5.42. The molecule has 0 bridgehead atoms. The molecule has 1 N–H and O–H groups in total. The molecule has 0 amide bonds. The van der Waals surface area contributed by atoms with E-state index in [9.17, 15) is 12.8 Å². The quantitative estimate of drug-likeness (QED) is 0.670. The van der Waals surface area contributed by atoms with Crippen LogP contribution in [0, 0.1) is 12.7 Å². The molecule has 0 aliphatic rings. The minimum absolute atomic E-state index is 0.0562. The number of nitrogens with one attached hydrogen (secondary N) is 1. The van der Waals surface area contributed by atoms with Crippen LogP contribution in [-0.2, 0) is 10.0 Å². The molecule has 2 aromatic carbocycles. The van der Waals surface area contributed by atoms with E-state index in [0.29, 0.717) is 11.1 Å². The maximum atomic E-state index is 14.7. The lowest BCUT2D eigenvalue weighted by molar-refractivity contribution is 0.594. The van der Waals surface area contributed by atoms with E-state index in [2.05, 4.69) is 22.3 Å². The number of thiol groups is 1. The van der Waals surface area contributed by atoms with Gasteiger partial charge in [-0.2, -0.15) is 0 Å². The predicted molar refractivity (Wildman–Crippen MR) is 98.9 cm³/mol. The van der Waals surface area contributed by atoms with E-state index in [-0.39, 0.29) is 15.5 Å². The third kappa shape index (κ3) is 3.67. The molecule has 25 heavy (non-hydrogen) atoms. The first-order valence-electron chi connectivity index (χ1n) is 7.40. The van der Waals surface area contributed by atoms with Crippen LogP contribution in [0.25, 0.3) is 11.1 Å². The second kappa shape index (κ2) is 6.85. The normalized spacial score (nSPS) is 11.3. The fourth-order valence-electron chi connectivity index (χ4n) is 2.38. The Labute approximate surface area is 151 Å². The first-order chi connectivity index (χ1) is 11.9. The molecule has 0 aliphatic carbocycles. The van der Waals surface area contributed by atoms with Gasteiger partial charge in [0, 0.05) is 18.0 Å². The Morgan fingerprint density at radius 1 is 1.08 bits per heavy atom. The predicted octanol–water partition coefficient (Wildman–Crippen LogP) is 4.29. The standard InChI is InChI=1S/C18H15FN2O2S2/c1-12-9-13(11-20-10-12)15-7-8-16(17(19)18(15)24)21-25(22,23)14-5-3-2-4-6-14/h2-11,21,24H,1H3. The lowest BCUT2D eigenvalue weighted by Crippen LogP contribution is -2.14. The zero-order chi connectivity index (χ0) is 18.0. The Morgan fingerprint density at radius 3 is 2.48 bits per heavy atom. The van der Waals surface area contributed by atoms with Gasteiger partial charge in [-0.25, -0.2) is 12.8 Å². The lowest BCUT2D eigenvalue weighted by atomic mass is 10.1. The Balaban J connectivity index is 1.99. The fourth-order valence-corrected chi connectivity index (χ4v) is 3.79. The van der Waals surface area contributed by atoms with Crippen molar-refractivity contribution >= 4 is 28.3 Å². The Kier molecular flexibility index (Phi) is 4.78. The molecule has 3 rings (SSSR count). The van der Waals surface area contributed by atoms with Crippen LogP contribution >= 0.6 is 12.6 Å². The van der Waals surface area contributed by atoms with Gasteiger partial charge in [-0.05, 0) is 42.3 Å². The summed E-state index contributed by atoms with van der Waals surface area (Å²) in [5.41, 5.74) is 2.03. The molecule has 0 fully saturated rings. The molecule has 1 heterocycles. The maximum Gasteiger partial charge on any atom is 0.261 e. The summed E-state index contributed by atoms with van der Waals surface area (Å²) in [4.78, 5) is 4.20. The number of hydrogen-bond acceptors (Lipinski definition) is 4. The van der Waals surface area contributed by atoms with Gasteiger partial charge in [-0.3, -0.25) is 9.71 Å². The Hall–Kier alpha value is -2.38. The van der Waals surface area contributed by atoms with Crippen LogP contribution in [0.15, 0.2) is 70.7 Å². The van der Waals surface area contributed by atoms with Gasteiger partial charge in [0.25, 0.3) is 10.0 Å². The van der Waals surface area contributed by atoms with Crippen LogP contribution < -0.4 is 4.72 Å². The third-order valence-electron chi connectivity index (χ3n) is 3.60. The Morgan fingerprint density at radius 2 is 1.80 bits per heavy atom. The first-order valence-corrected chi connectivity index (χ1v) is 9.33. The van der Waals surface area contributed by atoms with Gasteiger partial charge < -0.3 is 0 Å². The second-order valence-electron chi connectivity index (χ2n) is 5.49. The van der Waals surface area contributed by atoms with Gasteiger partial charge in [-0.15, -0.1) is 12.6 Å². The highest BCUT2D eigenvalue weighted by molar-refractivity contribution is 7.92. The largest absolute Gasteiger partial charge is 0.277 e. The number of anilines is 1. The van der Waals surface area contributed by atoms with Crippen LogP contribution in [0.5, 0.6) is 0 Å². The second-order valence-corrected chi connectivity index (χ2v) is 7.62. The summed E-state index contributed by atoms with van der Waals surface area (Å²) >= 11 is 4.23. The smallest absolute Gasteiger partial charge is 0.261 e. The summed E-state index contributed by atoms with van der Waals surface area (Å²) in [6, 6.07) is 12.6. The van der Waals surface area contributed by atoms with E-state index in [1.165, 1.54) is 18.2 Å². The molecule has 0 atom stereocenters. The minimum Gasteiger partial charge on any atom is -0.277 e. The zero-order valence-corrected chi connectivity index (χ0v) is 15.0. The molecule has 128 valence electrons. The molecule has 0 unspecified atom stereocenters. The van der Waals surface area contributed by atoms with Gasteiger partial charge in [0.05, 0.1) is 15.5 Å². The van der Waals surface area contributed by atoms with E-state index in [0.717, 1.165) is 5.56 Å². The summed E-state index contributed by atoms with van der Waals surface area (Å²) < 4.78 is 41.6. The van der Waals surface area contributed by atoms with Gasteiger partial charge >= 0.3 is 0 Å². The summed E-state index contributed by atoms with van der Waals surface area (Å²) in [6.07, 6.45) is 3.30. The van der Waals surface area contributed by atoms with Crippen molar-refractivity contribution in [2.24, 2.45) is 0 Å². The van der Waals surface area contributed by atoms with E-state index in [1.54, 1.807) is 36.7 Å². The number of benzene rings is 2. The van der Waals surface area contributed by atoms with Crippen LogP contribution in [-0.4, -0.2) is 13.4 Å². The fraction of sp³-hybridized carbons (Fsp3) is 0.0556. The number of rotatable bonds is 4. The molecule has 1 aromatic heterocycles. The molecular formula is C18H15FN2O2S2. The summed E-state index contributed by atoms with van der Waals surface area (Å²) in [6.45, 7) is 1.88. The minimum atomic E-state index is -3.87. The van der Waals surface area contributed by atoms with Gasteiger partial charge in [0.2, 0.25) is 0 Å². The molecule has 0 saturated carbocycles. The highest BCUT2D eigenvalue weighted by Gasteiger charge is 2.19. The zero-order valence-electron chi connectivity index (χ0n) is 13.3. The SMILES string of the molecule is Cc1cncc(-c2ccc(NS(=O)(=O)c3ccccc3)c(F)c2S)c1. The lowest BCUT2D eigenvalue weighted by Gasteiger charge is -2.13. The van der Waals surface area contributed by atoms with Crippen molar-refractivity contribution < 1.29 is 12.8 Å². The van der Waals surface area contributed by atoms with Crippen LogP contribution in [0.1, 0.15) is 5.56 Å². The molecule has 0 radical (unpaired) electrons. The van der Waals surface area contributed by atoms with Crippen molar-refractivity contribution in [2.75, 3.05) is 4.72 Å². The number of nitrogens with zero attached hydrogens (tertiary/aromatic N) is 1. The number of pyridine rings is 1. The Bertz CT molecular complexity index is 1020. The van der Waals surface area contributed by atoms with Crippen molar-refractivity contribution in [1.29, 1.82) is 0 Å². The van der Waals surface area contributed by atoms with Crippen LogP contribution in [0.2, 0.25) is 0 Å². The molecule has 3 aromatic rings. The number of aryl methyl sites for hydroxylation is 1. The number of halogens is 1. The molecule has 0 spiro atoms. The van der Waals surface area contributed by atoms with Gasteiger partial charge in [0.15, 0.2) is 5.82 Å². The maximum absolute atomic E-state index is 14.7. The highest BCUT2D eigenvalue weighted by atomic mass is 32.2. The van der Waals surface area contributed by atoms with Crippen molar-refractivity contribution in [3.8, 4) is 11.1 Å². The van der Waals surface area contributed by atoms with Gasteiger partial charge in [-0.1, -0.05) is 24.3 Å². The average Bonchev–Trinajstić information content (AvgIpc) is 2.60. The van der Waals surface area contributed by atoms with Crippen LogP contribution in [0.3, 0.4) is 0 Å². The first kappa shape index (κ1) is 17.4. The highest BCUT2D eigenvalue weighted by Crippen LogP contribution is 2.33. The van der Waals surface area contributed by atoms with Crippen molar-refractivity contribution in [3.63, 3.8) is 0 Å². The summed E-state index contributed by atoms with van der Waals surface area (Å²) in [5.74, 6) is -0.734. The van der Waals surface area contributed by atoms with Crippen molar-refractivity contribution in [1.82, 2.24) is 4.98 Å². The van der Waals surface area contributed by atoms with E-state index in [4.69, 9.17) is 0 Å². The van der Waals surface area contributed by atoms with Gasteiger partial charge in [0.1, 0.15) is 0 Å². The number of hydrogen-bond donors (Lipinski definition) is 2. The number of aromatic nitrogens is 1. The van der Waals surface area contributed by atoms with E-state index >= 15 is 0 Å². The van der Waals surface area contributed by atoms with E-state index in [1.807, 2.05) is 13.0 Å². The molecule has 0 saturated heterocycles. The van der Waals surface area contributed by atoms with Crippen molar-refractivity contribution in [3.05, 3.63) is 72.3 Å².